The van der Waals surface area contributed by atoms with Crippen LogP contribution in [0.15, 0.2) is 30.3 Å². The van der Waals surface area contributed by atoms with E-state index in [0.29, 0.717) is 31.7 Å². The molecule has 1 aliphatic heterocycles. The first-order valence-corrected chi connectivity index (χ1v) is 10.7. The van der Waals surface area contributed by atoms with Gasteiger partial charge in [-0.2, -0.15) is 0 Å². The lowest BCUT2D eigenvalue weighted by atomic mass is 9.83. The molecule has 0 spiro atoms. The largest absolute Gasteiger partial charge is 0.326 e. The van der Waals surface area contributed by atoms with Gasteiger partial charge in [0.05, 0.1) is 6.04 Å². The third-order valence-electron chi connectivity index (χ3n) is 6.33. The van der Waals surface area contributed by atoms with E-state index >= 15 is 0 Å². The Hall–Kier alpha value is -1.97. The quantitative estimate of drug-likeness (QED) is 0.567. The average molecular weight is 386 g/mol. The van der Waals surface area contributed by atoms with Crippen molar-refractivity contribution in [2.75, 3.05) is 6.54 Å². The Labute approximate surface area is 169 Å². The van der Waals surface area contributed by atoms with Gasteiger partial charge in [0.1, 0.15) is 0 Å². The predicted octanol–water partition coefficient (Wildman–Crippen LogP) is 4.92. The van der Waals surface area contributed by atoms with Gasteiger partial charge >= 0.3 is 0 Å². The highest BCUT2D eigenvalue weighted by atomic mass is 16.2. The summed E-state index contributed by atoms with van der Waals surface area (Å²) in [6.45, 7) is 8.18. The number of carbonyl (C=O) groups excluding carboxylic acids is 3. The van der Waals surface area contributed by atoms with Crippen LogP contribution in [-0.2, 0) is 14.4 Å². The molecule has 0 aliphatic carbocycles. The third-order valence-corrected chi connectivity index (χ3v) is 6.33. The second kappa shape index (κ2) is 9.99. The molecule has 0 N–H and O–H groups in total. The summed E-state index contributed by atoms with van der Waals surface area (Å²) in [6.07, 6.45) is 5.29. The van der Waals surface area contributed by atoms with Crippen molar-refractivity contribution in [3.05, 3.63) is 35.9 Å². The van der Waals surface area contributed by atoms with E-state index in [4.69, 9.17) is 0 Å². The fourth-order valence-corrected chi connectivity index (χ4v) is 3.90. The first-order valence-electron chi connectivity index (χ1n) is 10.7. The molecule has 1 heterocycles. The zero-order chi connectivity index (χ0) is 20.7. The van der Waals surface area contributed by atoms with Crippen LogP contribution in [0.25, 0.3) is 0 Å². The van der Waals surface area contributed by atoms with Crippen molar-refractivity contribution >= 4 is 17.5 Å². The molecule has 1 unspecified atom stereocenters. The van der Waals surface area contributed by atoms with E-state index in [1.165, 1.54) is 5.56 Å². The summed E-state index contributed by atoms with van der Waals surface area (Å²) >= 11 is 0. The molecule has 1 aromatic rings. The van der Waals surface area contributed by atoms with E-state index in [2.05, 4.69) is 19.1 Å². The summed E-state index contributed by atoms with van der Waals surface area (Å²) in [6, 6.07) is 9.85. The fraction of sp³-hybridized carbons (Fsp3) is 0.625. The van der Waals surface area contributed by atoms with Crippen molar-refractivity contribution in [3.63, 3.8) is 0 Å². The van der Waals surface area contributed by atoms with E-state index in [9.17, 15) is 14.4 Å². The second-order valence-electron chi connectivity index (χ2n) is 8.60. The van der Waals surface area contributed by atoms with Crippen LogP contribution in [0.5, 0.6) is 0 Å². The van der Waals surface area contributed by atoms with Crippen molar-refractivity contribution < 1.29 is 14.4 Å². The van der Waals surface area contributed by atoms with Crippen molar-refractivity contribution in [2.45, 2.75) is 84.6 Å². The van der Waals surface area contributed by atoms with E-state index < -0.39 is 17.4 Å². The number of ketones is 2. The Morgan fingerprint density at radius 1 is 1.11 bits per heavy atom. The molecular weight excluding hydrogens is 350 g/mol. The van der Waals surface area contributed by atoms with Gasteiger partial charge in [-0.3, -0.25) is 14.4 Å². The monoisotopic (exact) mass is 385 g/mol. The average Bonchev–Trinajstić information content (AvgIpc) is 2.73. The zero-order valence-corrected chi connectivity index (χ0v) is 17.9. The molecule has 1 amide bonds. The number of piperidine rings is 1. The molecule has 1 aliphatic rings. The van der Waals surface area contributed by atoms with Crippen LogP contribution >= 0.6 is 0 Å². The fourth-order valence-electron chi connectivity index (χ4n) is 3.90. The van der Waals surface area contributed by atoms with Gasteiger partial charge in [0.15, 0.2) is 5.78 Å². The summed E-state index contributed by atoms with van der Waals surface area (Å²) in [5.74, 6) is -0.395. The van der Waals surface area contributed by atoms with Crippen molar-refractivity contribution in [2.24, 2.45) is 5.41 Å². The summed E-state index contributed by atoms with van der Waals surface area (Å²) in [5.41, 5.74) is 0.581. The first kappa shape index (κ1) is 22.3. The van der Waals surface area contributed by atoms with E-state index in [0.717, 1.165) is 25.7 Å². The molecule has 2 rings (SSSR count). The molecule has 1 aromatic carbocycles. The molecule has 1 fully saturated rings. The minimum absolute atomic E-state index is 0.101. The van der Waals surface area contributed by atoms with Gasteiger partial charge in [-0.25, -0.2) is 0 Å². The second-order valence-corrected chi connectivity index (χ2v) is 8.60. The van der Waals surface area contributed by atoms with Gasteiger partial charge in [-0.05, 0) is 50.0 Å². The van der Waals surface area contributed by atoms with Crippen LogP contribution in [0.3, 0.4) is 0 Å². The summed E-state index contributed by atoms with van der Waals surface area (Å²) in [4.78, 5) is 40.1. The maximum atomic E-state index is 13.0. The van der Waals surface area contributed by atoms with Crippen LogP contribution in [-0.4, -0.2) is 35.0 Å². The zero-order valence-electron chi connectivity index (χ0n) is 17.9. The van der Waals surface area contributed by atoms with Gasteiger partial charge in [-0.1, -0.05) is 58.0 Å². The number of benzene rings is 1. The number of amides is 1. The van der Waals surface area contributed by atoms with Gasteiger partial charge in [0.25, 0.3) is 5.91 Å². The molecule has 4 heteroatoms. The molecule has 4 nitrogen and oxygen atoms in total. The lowest BCUT2D eigenvalue weighted by Gasteiger charge is -2.36. The summed E-state index contributed by atoms with van der Waals surface area (Å²) < 4.78 is 0. The van der Waals surface area contributed by atoms with Crippen molar-refractivity contribution in [3.8, 4) is 0 Å². The molecule has 1 saturated heterocycles. The Morgan fingerprint density at radius 3 is 2.39 bits per heavy atom. The molecule has 0 aromatic heterocycles. The van der Waals surface area contributed by atoms with Crippen LogP contribution in [0.2, 0.25) is 0 Å². The Kier molecular flexibility index (Phi) is 7.97. The van der Waals surface area contributed by atoms with Crippen molar-refractivity contribution in [1.29, 1.82) is 0 Å². The molecule has 0 saturated carbocycles. The number of Topliss-reactive ketones (excluding diaryl/α,β-unsaturated/α-hetero) is 2. The van der Waals surface area contributed by atoms with Crippen LogP contribution in [0.1, 0.15) is 84.1 Å². The van der Waals surface area contributed by atoms with Gasteiger partial charge < -0.3 is 4.90 Å². The topological polar surface area (TPSA) is 54.5 Å². The minimum Gasteiger partial charge on any atom is -0.326 e. The molecular formula is C24H35NO3. The van der Waals surface area contributed by atoms with Crippen LogP contribution in [0, 0.1) is 5.41 Å². The van der Waals surface area contributed by atoms with Gasteiger partial charge in [0, 0.05) is 18.4 Å². The molecule has 0 bridgehead atoms. The molecule has 28 heavy (non-hydrogen) atoms. The number of hydrogen-bond acceptors (Lipinski definition) is 3. The number of hydrogen-bond donors (Lipinski definition) is 0. The summed E-state index contributed by atoms with van der Waals surface area (Å²) in [7, 11) is 0. The van der Waals surface area contributed by atoms with Gasteiger partial charge in [-0.15, -0.1) is 0 Å². The highest BCUT2D eigenvalue weighted by Crippen LogP contribution is 2.28. The standard InChI is InChI=1S/C24H35NO3/c1-5-18(19-12-8-7-9-13-19)15-16-21(26)20-14-10-11-17-25(20)23(28)22(27)24(3,4)6-2/h7-9,12-13,18,20H,5-6,10-11,14-17H2,1-4H3/t18?,20-/m0/s1. The predicted molar refractivity (Wildman–Crippen MR) is 112 cm³/mol. The normalized spacial score (nSPS) is 18.6. The minimum atomic E-state index is -0.678. The lowest BCUT2D eigenvalue weighted by Crippen LogP contribution is -2.52. The molecule has 154 valence electrons. The van der Waals surface area contributed by atoms with E-state index in [-0.39, 0.29) is 11.6 Å². The van der Waals surface area contributed by atoms with E-state index in [1.807, 2.05) is 25.1 Å². The third kappa shape index (κ3) is 5.30. The Morgan fingerprint density at radius 2 is 1.79 bits per heavy atom. The highest BCUT2D eigenvalue weighted by molar-refractivity contribution is 6.38. The molecule has 2 atom stereocenters. The van der Waals surface area contributed by atoms with Gasteiger partial charge in [0.2, 0.25) is 5.78 Å². The maximum absolute atomic E-state index is 13.0. The number of carbonyl (C=O) groups is 3. The first-order chi connectivity index (χ1) is 13.3. The number of rotatable bonds is 9. The summed E-state index contributed by atoms with van der Waals surface area (Å²) in [5, 5.41) is 0. The Bertz CT molecular complexity index is 680. The van der Waals surface area contributed by atoms with Crippen LogP contribution in [0.4, 0.5) is 0 Å². The number of nitrogens with zero attached hydrogens (tertiary/aromatic N) is 1. The van der Waals surface area contributed by atoms with E-state index in [1.54, 1.807) is 18.7 Å². The lowest BCUT2D eigenvalue weighted by molar-refractivity contribution is -0.153. The maximum Gasteiger partial charge on any atom is 0.291 e. The SMILES string of the molecule is CCC(CCC(=O)[C@@H]1CCCCN1C(=O)C(=O)C(C)(C)CC)c1ccccc1. The van der Waals surface area contributed by atoms with Crippen molar-refractivity contribution in [1.82, 2.24) is 4.90 Å². The Balaban J connectivity index is 2.05. The molecule has 0 radical (unpaired) electrons. The number of likely N-dealkylation sites (tertiary alicyclic amines) is 1. The van der Waals surface area contributed by atoms with Crippen LogP contribution < -0.4 is 0 Å². The highest BCUT2D eigenvalue weighted by Gasteiger charge is 2.39. The smallest absolute Gasteiger partial charge is 0.291 e.